The highest BCUT2D eigenvalue weighted by atomic mass is 15.0. The highest BCUT2D eigenvalue weighted by Gasteiger charge is 2.21. The molecule has 0 spiro atoms. The van der Waals surface area contributed by atoms with Gasteiger partial charge in [-0.25, -0.2) is 9.97 Å². The largest absolute Gasteiger partial charge is 0.292 e. The molecule has 0 amide bonds. The maximum absolute atomic E-state index is 5.27. The Morgan fingerprint density at radius 1 is 0.383 bits per heavy atom. The first-order valence-corrected chi connectivity index (χ1v) is 15.6. The Morgan fingerprint density at radius 3 is 1.72 bits per heavy atom. The number of imidazole rings is 1. The van der Waals surface area contributed by atoms with Crippen molar-refractivity contribution in [1.82, 2.24) is 24.3 Å². The molecule has 47 heavy (non-hydrogen) atoms. The van der Waals surface area contributed by atoms with Crippen LogP contribution in [-0.2, 0) is 0 Å². The van der Waals surface area contributed by atoms with Crippen molar-refractivity contribution in [2.24, 2.45) is 0 Å². The Balaban J connectivity index is 1.34. The maximum atomic E-state index is 5.27. The van der Waals surface area contributed by atoms with Gasteiger partial charge in [-0.1, -0.05) is 91.0 Å². The number of benzene rings is 4. The number of pyridine rings is 4. The molecule has 0 saturated heterocycles. The van der Waals surface area contributed by atoms with E-state index in [0.717, 1.165) is 72.8 Å². The van der Waals surface area contributed by atoms with Crippen LogP contribution in [-0.4, -0.2) is 24.3 Å². The van der Waals surface area contributed by atoms with Crippen molar-refractivity contribution in [3.63, 3.8) is 0 Å². The highest BCUT2D eigenvalue weighted by Crippen LogP contribution is 2.43. The molecule has 5 nitrogen and oxygen atoms in total. The molecular formula is C42H27N5. The van der Waals surface area contributed by atoms with Crippen molar-refractivity contribution in [3.8, 4) is 56.2 Å². The zero-order chi connectivity index (χ0) is 31.2. The van der Waals surface area contributed by atoms with Gasteiger partial charge in [0.25, 0.3) is 0 Å². The van der Waals surface area contributed by atoms with Crippen LogP contribution in [0.2, 0.25) is 0 Å². The molecule has 0 unspecified atom stereocenters. The Hall–Kier alpha value is -6.46. The van der Waals surface area contributed by atoms with Crippen LogP contribution in [0.4, 0.5) is 0 Å². The van der Waals surface area contributed by atoms with E-state index in [9.17, 15) is 0 Å². The smallest absolute Gasteiger partial charge is 0.147 e. The molecule has 5 heterocycles. The van der Waals surface area contributed by atoms with Crippen LogP contribution < -0.4 is 0 Å². The predicted molar refractivity (Wildman–Crippen MR) is 191 cm³/mol. The molecule has 5 heteroatoms. The summed E-state index contributed by atoms with van der Waals surface area (Å²) in [5.74, 6) is 0. The molecule has 0 atom stereocenters. The minimum Gasteiger partial charge on any atom is -0.292 e. The van der Waals surface area contributed by atoms with Crippen molar-refractivity contribution >= 4 is 27.6 Å². The van der Waals surface area contributed by atoms with Crippen LogP contribution in [0.25, 0.3) is 83.7 Å². The Bertz CT molecular complexity index is 2500. The number of aromatic nitrogens is 5. The standard InChI is InChI=1S/C42H27N5/c1-2-13-28(14-3-1)40-32-17-4-6-21-38(32)47-39-22-7-5-20-35(39)46-42(47)41(40)30-16-12-15-29(25-30)31-26-36(33-18-8-10-23-43-33)45-37(27-31)34-19-9-11-24-44-34/h1-27H. The van der Waals surface area contributed by atoms with Gasteiger partial charge in [0, 0.05) is 28.9 Å². The molecule has 0 saturated carbocycles. The van der Waals surface area contributed by atoms with Gasteiger partial charge in [0.2, 0.25) is 0 Å². The Morgan fingerprint density at radius 2 is 1.00 bits per heavy atom. The molecule has 5 aromatic heterocycles. The first-order valence-electron chi connectivity index (χ1n) is 15.6. The lowest BCUT2D eigenvalue weighted by atomic mass is 9.90. The first-order chi connectivity index (χ1) is 23.3. The molecule has 0 aliphatic heterocycles. The zero-order valence-corrected chi connectivity index (χ0v) is 25.3. The average molecular weight is 602 g/mol. The first kappa shape index (κ1) is 26.9. The average Bonchev–Trinajstić information content (AvgIpc) is 3.55. The second-order valence-corrected chi connectivity index (χ2v) is 11.5. The van der Waals surface area contributed by atoms with Crippen LogP contribution in [0.5, 0.6) is 0 Å². The molecule has 9 aromatic rings. The van der Waals surface area contributed by atoms with E-state index in [1.165, 1.54) is 10.9 Å². The molecule has 4 aromatic carbocycles. The number of hydrogen-bond acceptors (Lipinski definition) is 4. The molecule has 0 aliphatic carbocycles. The van der Waals surface area contributed by atoms with Gasteiger partial charge in [0.1, 0.15) is 5.65 Å². The van der Waals surface area contributed by atoms with E-state index >= 15 is 0 Å². The van der Waals surface area contributed by atoms with Crippen molar-refractivity contribution < 1.29 is 0 Å². The monoisotopic (exact) mass is 601 g/mol. The molecule has 0 N–H and O–H groups in total. The third-order valence-electron chi connectivity index (χ3n) is 8.68. The number of fused-ring (bicyclic) bond motifs is 5. The lowest BCUT2D eigenvalue weighted by Gasteiger charge is -2.18. The molecule has 0 bridgehead atoms. The Kier molecular flexibility index (Phi) is 6.39. The topological polar surface area (TPSA) is 56.0 Å². The third-order valence-corrected chi connectivity index (χ3v) is 8.68. The van der Waals surface area contributed by atoms with Crippen LogP contribution in [0.3, 0.4) is 0 Å². The number of rotatable bonds is 5. The zero-order valence-electron chi connectivity index (χ0n) is 25.3. The van der Waals surface area contributed by atoms with E-state index in [-0.39, 0.29) is 0 Å². The summed E-state index contributed by atoms with van der Waals surface area (Å²) in [7, 11) is 0. The fraction of sp³-hybridized carbons (Fsp3) is 0. The van der Waals surface area contributed by atoms with Crippen molar-refractivity contribution in [3.05, 3.63) is 164 Å². The van der Waals surface area contributed by atoms with E-state index in [1.54, 1.807) is 12.4 Å². The van der Waals surface area contributed by atoms with Crippen molar-refractivity contribution in [1.29, 1.82) is 0 Å². The van der Waals surface area contributed by atoms with Gasteiger partial charge >= 0.3 is 0 Å². The second kappa shape index (κ2) is 11.2. The molecule has 0 aliphatic rings. The summed E-state index contributed by atoms with van der Waals surface area (Å²) in [4.78, 5) is 19.5. The Labute approximate surface area is 271 Å². The molecule has 9 rings (SSSR count). The van der Waals surface area contributed by atoms with E-state index in [1.807, 2.05) is 36.4 Å². The number of hydrogen-bond donors (Lipinski definition) is 0. The van der Waals surface area contributed by atoms with Gasteiger partial charge in [-0.3, -0.25) is 14.4 Å². The summed E-state index contributed by atoms with van der Waals surface area (Å²) in [6, 6.07) is 52.5. The number of para-hydroxylation sites is 3. The highest BCUT2D eigenvalue weighted by molar-refractivity contribution is 6.10. The molecular weight excluding hydrogens is 574 g/mol. The van der Waals surface area contributed by atoms with E-state index in [2.05, 4.69) is 130 Å². The van der Waals surface area contributed by atoms with Gasteiger partial charge < -0.3 is 0 Å². The maximum Gasteiger partial charge on any atom is 0.147 e. The summed E-state index contributed by atoms with van der Waals surface area (Å²) in [5.41, 5.74) is 13.9. The third kappa shape index (κ3) is 4.64. The fourth-order valence-electron chi connectivity index (χ4n) is 6.58. The predicted octanol–water partition coefficient (Wildman–Crippen LogP) is 10.2. The van der Waals surface area contributed by atoms with Gasteiger partial charge in [-0.2, -0.15) is 0 Å². The minimum atomic E-state index is 0.798. The van der Waals surface area contributed by atoms with Crippen LogP contribution in [0, 0.1) is 0 Å². The summed E-state index contributed by atoms with van der Waals surface area (Å²) in [5, 5.41) is 1.17. The van der Waals surface area contributed by atoms with Gasteiger partial charge in [-0.05, 0) is 82.9 Å². The lowest BCUT2D eigenvalue weighted by molar-refractivity contribution is 1.22. The van der Waals surface area contributed by atoms with Gasteiger partial charge in [-0.15, -0.1) is 0 Å². The lowest BCUT2D eigenvalue weighted by Crippen LogP contribution is -1.97. The van der Waals surface area contributed by atoms with E-state index in [0.29, 0.717) is 0 Å². The van der Waals surface area contributed by atoms with E-state index in [4.69, 9.17) is 9.97 Å². The quantitative estimate of drug-likeness (QED) is 0.197. The fourth-order valence-corrected chi connectivity index (χ4v) is 6.58. The van der Waals surface area contributed by atoms with Crippen LogP contribution in [0.1, 0.15) is 0 Å². The summed E-state index contributed by atoms with van der Waals surface area (Å²) in [6.07, 6.45) is 3.60. The van der Waals surface area contributed by atoms with E-state index < -0.39 is 0 Å². The van der Waals surface area contributed by atoms with Gasteiger partial charge in [0.15, 0.2) is 0 Å². The summed E-state index contributed by atoms with van der Waals surface area (Å²) < 4.78 is 2.31. The summed E-state index contributed by atoms with van der Waals surface area (Å²) >= 11 is 0. The van der Waals surface area contributed by atoms with Gasteiger partial charge in [0.05, 0.1) is 39.3 Å². The summed E-state index contributed by atoms with van der Waals surface area (Å²) in [6.45, 7) is 0. The minimum absolute atomic E-state index is 0.798. The molecule has 0 fully saturated rings. The molecule has 220 valence electrons. The van der Waals surface area contributed by atoms with Crippen molar-refractivity contribution in [2.45, 2.75) is 0 Å². The van der Waals surface area contributed by atoms with Crippen LogP contribution >= 0.6 is 0 Å². The number of nitrogens with zero attached hydrogens (tertiary/aromatic N) is 5. The van der Waals surface area contributed by atoms with Crippen molar-refractivity contribution in [2.75, 3.05) is 0 Å². The molecule has 0 radical (unpaired) electrons. The normalized spacial score (nSPS) is 11.4. The second-order valence-electron chi connectivity index (χ2n) is 11.5. The SMILES string of the molecule is c1ccc(-c2c(-c3cccc(-c4cc(-c5ccccn5)nc(-c5ccccn5)c4)c3)c3nc4ccccc4n3c3ccccc23)cc1. The van der Waals surface area contributed by atoms with Crippen LogP contribution in [0.15, 0.2) is 164 Å².